The zero-order valence-corrected chi connectivity index (χ0v) is 13.6. The molecule has 2 rings (SSSR count). The lowest BCUT2D eigenvalue weighted by Gasteiger charge is -2.26. The summed E-state index contributed by atoms with van der Waals surface area (Å²) in [6, 6.07) is 13.7. The Hall–Kier alpha value is -1.61. The summed E-state index contributed by atoms with van der Waals surface area (Å²) in [6.07, 6.45) is 4.17. The molecule has 0 radical (unpaired) electrons. The van der Waals surface area contributed by atoms with Gasteiger partial charge in [0.15, 0.2) is 0 Å². The fourth-order valence-corrected chi connectivity index (χ4v) is 2.90. The highest BCUT2D eigenvalue weighted by Gasteiger charge is 2.21. The van der Waals surface area contributed by atoms with E-state index in [1.807, 2.05) is 4.68 Å². The Bertz CT molecular complexity index is 530. The zero-order valence-electron chi connectivity index (χ0n) is 13.6. The van der Waals surface area contributed by atoms with Gasteiger partial charge in [0, 0.05) is 24.7 Å². The average molecular weight is 285 g/mol. The fourth-order valence-electron chi connectivity index (χ4n) is 2.90. The number of hydrogen-bond acceptors (Lipinski definition) is 2. The van der Waals surface area contributed by atoms with Gasteiger partial charge in [0.1, 0.15) is 0 Å². The third-order valence-electron chi connectivity index (χ3n) is 4.15. The molecule has 0 spiro atoms. The molecule has 114 valence electrons. The normalized spacial score (nSPS) is 14.3. The molecular formula is C18H27N3. The largest absolute Gasteiger partial charge is 0.316 e. The second-order valence-electron chi connectivity index (χ2n) is 5.91. The maximum atomic E-state index is 4.68. The number of nitrogens with zero attached hydrogens (tertiary/aromatic N) is 2. The Kier molecular flexibility index (Phi) is 5.57. The van der Waals surface area contributed by atoms with E-state index in [2.05, 4.69) is 80.8 Å². The van der Waals surface area contributed by atoms with E-state index in [1.54, 1.807) is 0 Å². The second kappa shape index (κ2) is 7.41. The van der Waals surface area contributed by atoms with Crippen LogP contribution < -0.4 is 5.32 Å². The molecule has 0 amide bonds. The molecule has 0 fully saturated rings. The molecule has 2 atom stereocenters. The first kappa shape index (κ1) is 15.8. The highest BCUT2D eigenvalue weighted by atomic mass is 15.3. The van der Waals surface area contributed by atoms with Gasteiger partial charge in [-0.05, 0) is 44.9 Å². The standard InChI is InChI=1S/C18H27N3/c1-5-17(15-9-7-6-8-10-15)18(19-4)13-16-11-12-21(20-16)14(2)3/h6-12,14,17-19H,5,13H2,1-4H3. The van der Waals surface area contributed by atoms with Crippen LogP contribution in [0, 0.1) is 0 Å². The highest BCUT2D eigenvalue weighted by molar-refractivity contribution is 5.22. The number of aromatic nitrogens is 2. The van der Waals surface area contributed by atoms with Crippen LogP contribution in [0.25, 0.3) is 0 Å². The van der Waals surface area contributed by atoms with Crippen molar-refractivity contribution in [2.24, 2.45) is 0 Å². The van der Waals surface area contributed by atoms with Crippen LogP contribution in [0.3, 0.4) is 0 Å². The van der Waals surface area contributed by atoms with Crippen molar-refractivity contribution in [3.63, 3.8) is 0 Å². The van der Waals surface area contributed by atoms with E-state index in [9.17, 15) is 0 Å². The van der Waals surface area contributed by atoms with Gasteiger partial charge in [-0.15, -0.1) is 0 Å². The number of nitrogens with one attached hydrogen (secondary N) is 1. The van der Waals surface area contributed by atoms with Crippen molar-refractivity contribution in [1.29, 1.82) is 0 Å². The van der Waals surface area contributed by atoms with E-state index >= 15 is 0 Å². The maximum absolute atomic E-state index is 4.68. The van der Waals surface area contributed by atoms with Crippen LogP contribution in [0.5, 0.6) is 0 Å². The molecule has 1 aromatic carbocycles. The molecule has 21 heavy (non-hydrogen) atoms. The van der Waals surface area contributed by atoms with Crippen molar-refractivity contribution in [3.05, 3.63) is 53.9 Å². The Balaban J connectivity index is 2.13. The Morgan fingerprint density at radius 3 is 2.38 bits per heavy atom. The van der Waals surface area contributed by atoms with Gasteiger partial charge >= 0.3 is 0 Å². The summed E-state index contributed by atoms with van der Waals surface area (Å²) in [5.74, 6) is 0.514. The molecule has 0 saturated carbocycles. The van der Waals surface area contributed by atoms with Gasteiger partial charge < -0.3 is 5.32 Å². The highest BCUT2D eigenvalue weighted by Crippen LogP contribution is 2.25. The minimum atomic E-state index is 0.410. The first-order chi connectivity index (χ1) is 10.2. The van der Waals surface area contributed by atoms with Crippen molar-refractivity contribution in [2.75, 3.05) is 7.05 Å². The Morgan fingerprint density at radius 1 is 1.14 bits per heavy atom. The van der Waals surface area contributed by atoms with Crippen LogP contribution in [0.2, 0.25) is 0 Å². The zero-order chi connectivity index (χ0) is 15.2. The summed E-state index contributed by atoms with van der Waals surface area (Å²) in [5.41, 5.74) is 2.57. The summed E-state index contributed by atoms with van der Waals surface area (Å²) in [5, 5.41) is 8.17. The van der Waals surface area contributed by atoms with Gasteiger partial charge in [-0.25, -0.2) is 0 Å². The third-order valence-corrected chi connectivity index (χ3v) is 4.15. The van der Waals surface area contributed by atoms with Crippen LogP contribution in [0.15, 0.2) is 42.6 Å². The first-order valence-electron chi connectivity index (χ1n) is 7.92. The minimum absolute atomic E-state index is 0.410. The summed E-state index contributed by atoms with van der Waals surface area (Å²) in [6.45, 7) is 6.57. The molecule has 0 aliphatic carbocycles. The third kappa shape index (κ3) is 3.94. The average Bonchev–Trinajstić information content (AvgIpc) is 2.97. The van der Waals surface area contributed by atoms with E-state index in [4.69, 9.17) is 0 Å². The molecule has 2 aromatic rings. The molecule has 0 aliphatic heterocycles. The summed E-state index contributed by atoms with van der Waals surface area (Å²) < 4.78 is 2.03. The Labute approximate surface area is 128 Å². The van der Waals surface area contributed by atoms with E-state index < -0.39 is 0 Å². The molecule has 0 bridgehead atoms. The lowest BCUT2D eigenvalue weighted by atomic mass is 9.87. The number of rotatable bonds is 7. The van der Waals surface area contributed by atoms with Crippen LogP contribution >= 0.6 is 0 Å². The van der Waals surface area contributed by atoms with Crippen molar-refractivity contribution in [3.8, 4) is 0 Å². The molecule has 3 heteroatoms. The van der Waals surface area contributed by atoms with Gasteiger partial charge in [-0.2, -0.15) is 5.10 Å². The number of likely N-dealkylation sites (N-methyl/N-ethyl adjacent to an activating group) is 1. The summed E-state index contributed by atoms with van der Waals surface area (Å²) in [4.78, 5) is 0. The predicted octanol–water partition coefficient (Wildman–Crippen LogP) is 3.79. The van der Waals surface area contributed by atoms with Crippen molar-refractivity contribution in [1.82, 2.24) is 15.1 Å². The van der Waals surface area contributed by atoms with Gasteiger partial charge in [0.05, 0.1) is 5.69 Å². The van der Waals surface area contributed by atoms with Gasteiger partial charge in [0.25, 0.3) is 0 Å². The lowest BCUT2D eigenvalue weighted by Crippen LogP contribution is -2.34. The van der Waals surface area contributed by atoms with Crippen LogP contribution in [-0.4, -0.2) is 22.9 Å². The summed E-state index contributed by atoms with van der Waals surface area (Å²) in [7, 11) is 2.05. The minimum Gasteiger partial charge on any atom is -0.316 e. The fraction of sp³-hybridized carbons (Fsp3) is 0.500. The molecule has 2 unspecified atom stereocenters. The van der Waals surface area contributed by atoms with Crippen molar-refractivity contribution < 1.29 is 0 Å². The topological polar surface area (TPSA) is 29.9 Å². The molecule has 0 aliphatic rings. The predicted molar refractivity (Wildman–Crippen MR) is 88.6 cm³/mol. The molecule has 1 aromatic heterocycles. The second-order valence-corrected chi connectivity index (χ2v) is 5.91. The molecule has 1 N–H and O–H groups in total. The SMILES string of the molecule is CCC(c1ccccc1)C(Cc1ccn(C(C)C)n1)NC. The van der Waals surface area contributed by atoms with E-state index in [1.165, 1.54) is 5.56 Å². The van der Waals surface area contributed by atoms with Crippen molar-refractivity contribution >= 4 is 0 Å². The van der Waals surface area contributed by atoms with Gasteiger partial charge in [0.2, 0.25) is 0 Å². The van der Waals surface area contributed by atoms with Crippen molar-refractivity contribution in [2.45, 2.75) is 51.6 Å². The summed E-state index contributed by atoms with van der Waals surface area (Å²) >= 11 is 0. The monoisotopic (exact) mass is 285 g/mol. The molecular weight excluding hydrogens is 258 g/mol. The van der Waals surface area contributed by atoms with E-state index in [0.717, 1.165) is 18.5 Å². The quantitative estimate of drug-likeness (QED) is 0.839. The van der Waals surface area contributed by atoms with Gasteiger partial charge in [-0.3, -0.25) is 4.68 Å². The first-order valence-corrected chi connectivity index (χ1v) is 7.92. The van der Waals surface area contributed by atoms with Crippen LogP contribution in [0.1, 0.15) is 50.4 Å². The van der Waals surface area contributed by atoms with Gasteiger partial charge in [-0.1, -0.05) is 37.3 Å². The van der Waals surface area contributed by atoms with Crippen LogP contribution in [-0.2, 0) is 6.42 Å². The number of hydrogen-bond donors (Lipinski definition) is 1. The number of benzene rings is 1. The van der Waals surface area contributed by atoms with E-state index in [-0.39, 0.29) is 0 Å². The Morgan fingerprint density at radius 2 is 1.86 bits per heavy atom. The lowest BCUT2D eigenvalue weighted by molar-refractivity contribution is 0.439. The molecule has 3 nitrogen and oxygen atoms in total. The smallest absolute Gasteiger partial charge is 0.0640 e. The van der Waals surface area contributed by atoms with Crippen LogP contribution in [0.4, 0.5) is 0 Å². The maximum Gasteiger partial charge on any atom is 0.0640 e. The molecule has 0 saturated heterocycles. The molecule has 1 heterocycles. The van der Waals surface area contributed by atoms with E-state index in [0.29, 0.717) is 18.0 Å².